The summed E-state index contributed by atoms with van der Waals surface area (Å²) in [7, 11) is 4.87. The number of pyridine rings is 1. The highest BCUT2D eigenvalue weighted by Gasteiger charge is 2.33. The van der Waals surface area contributed by atoms with E-state index in [1.54, 1.807) is 30.3 Å². The highest BCUT2D eigenvalue weighted by molar-refractivity contribution is 8.00. The second kappa shape index (κ2) is 12.0. The van der Waals surface area contributed by atoms with Gasteiger partial charge in [-0.3, -0.25) is 9.20 Å². The summed E-state index contributed by atoms with van der Waals surface area (Å²) in [5, 5.41) is 8.52. The zero-order valence-electron chi connectivity index (χ0n) is 21.5. The van der Waals surface area contributed by atoms with E-state index in [2.05, 4.69) is 32.8 Å². The van der Waals surface area contributed by atoms with Crippen LogP contribution in [0.25, 0.3) is 5.65 Å². The molecule has 0 unspecified atom stereocenters. The molecule has 1 fully saturated rings. The Morgan fingerprint density at radius 3 is 2.79 bits per heavy atom. The zero-order valence-corrected chi connectivity index (χ0v) is 22.3. The molecule has 4 rings (SSSR count). The van der Waals surface area contributed by atoms with Gasteiger partial charge in [-0.2, -0.15) is 13.2 Å². The molecule has 0 spiro atoms. The number of benzene rings is 1. The third-order valence-electron chi connectivity index (χ3n) is 6.16. The highest BCUT2D eigenvalue weighted by atomic mass is 32.2. The number of halogens is 4. The number of methoxy groups -OCH3 is 1. The Kier molecular flexibility index (Phi) is 8.76. The van der Waals surface area contributed by atoms with E-state index < -0.39 is 17.7 Å². The third kappa shape index (κ3) is 6.88. The quantitative estimate of drug-likeness (QED) is 0.225. The van der Waals surface area contributed by atoms with Crippen molar-refractivity contribution in [3.63, 3.8) is 0 Å². The van der Waals surface area contributed by atoms with E-state index in [1.807, 2.05) is 11.9 Å². The van der Waals surface area contributed by atoms with E-state index in [9.17, 15) is 22.4 Å². The van der Waals surface area contributed by atoms with Crippen LogP contribution >= 0.6 is 11.8 Å². The van der Waals surface area contributed by atoms with Crippen molar-refractivity contribution in [3.05, 3.63) is 47.8 Å². The highest BCUT2D eigenvalue weighted by Crippen LogP contribution is 2.39. The number of aromatic nitrogens is 2. The molecule has 1 aromatic carbocycles. The number of hydrogen-bond donors (Lipinski definition) is 3. The van der Waals surface area contributed by atoms with Crippen LogP contribution in [-0.2, 0) is 0 Å². The number of carbonyl (C=O) groups excluding carboxylic acids is 1. The average molecular weight is 565 g/mol. The molecule has 39 heavy (non-hydrogen) atoms. The molecule has 2 aromatic heterocycles. The molecule has 8 nitrogen and oxygen atoms in total. The predicted octanol–water partition coefficient (Wildman–Crippen LogP) is 4.23. The fourth-order valence-electron chi connectivity index (χ4n) is 4.26. The first-order valence-electron chi connectivity index (χ1n) is 12.1. The van der Waals surface area contributed by atoms with Crippen molar-refractivity contribution in [2.24, 2.45) is 0 Å². The van der Waals surface area contributed by atoms with Crippen molar-refractivity contribution >= 4 is 34.7 Å². The van der Waals surface area contributed by atoms with Crippen molar-refractivity contribution in [1.82, 2.24) is 19.6 Å². The normalized spacial score (nSPS) is 17.8. The smallest absolute Gasteiger partial charge is 0.447 e. The lowest BCUT2D eigenvalue weighted by Gasteiger charge is -2.33. The van der Waals surface area contributed by atoms with Gasteiger partial charge in [-0.25, -0.2) is 9.37 Å². The Morgan fingerprint density at radius 1 is 1.28 bits per heavy atom. The fraction of sp³-hybridized carbons (Fsp3) is 0.385. The van der Waals surface area contributed by atoms with Crippen molar-refractivity contribution in [1.29, 1.82) is 0 Å². The molecule has 1 saturated heterocycles. The number of carbonyl (C=O) groups is 1. The zero-order chi connectivity index (χ0) is 28.2. The first-order valence-corrected chi connectivity index (χ1v) is 12.9. The number of ether oxygens (including phenoxy) is 1. The van der Waals surface area contributed by atoms with Crippen LogP contribution in [0.4, 0.5) is 28.9 Å². The van der Waals surface area contributed by atoms with Crippen molar-refractivity contribution in [2.45, 2.75) is 29.2 Å². The molecule has 1 aliphatic heterocycles. The number of fused-ring (bicyclic) bond motifs is 1. The van der Waals surface area contributed by atoms with E-state index in [0.717, 1.165) is 0 Å². The molecule has 0 radical (unpaired) electrons. The van der Waals surface area contributed by atoms with Crippen LogP contribution < -0.4 is 20.7 Å². The van der Waals surface area contributed by atoms with Gasteiger partial charge in [-0.05, 0) is 49.7 Å². The number of nitrogens with zero attached hydrogens (tertiary/aromatic N) is 3. The second-order valence-corrected chi connectivity index (χ2v) is 9.95. The molecule has 0 aliphatic carbocycles. The molecule has 1 aliphatic rings. The Balaban J connectivity index is 1.60. The summed E-state index contributed by atoms with van der Waals surface area (Å²) in [5.74, 6) is 5.69. The van der Waals surface area contributed by atoms with Gasteiger partial charge in [0.15, 0.2) is 5.65 Å². The summed E-state index contributed by atoms with van der Waals surface area (Å²) in [6, 6.07) is 7.56. The molecule has 208 valence electrons. The number of alkyl halides is 4. The van der Waals surface area contributed by atoms with Gasteiger partial charge in [0.2, 0.25) is 0 Å². The predicted molar refractivity (Wildman–Crippen MR) is 143 cm³/mol. The van der Waals surface area contributed by atoms with E-state index in [0.29, 0.717) is 42.2 Å². The van der Waals surface area contributed by atoms with E-state index in [4.69, 9.17) is 4.74 Å². The Morgan fingerprint density at radius 2 is 2.08 bits per heavy atom. The number of anilines is 2. The summed E-state index contributed by atoms with van der Waals surface area (Å²) in [6.45, 7) is 1.17. The molecule has 3 heterocycles. The molecule has 3 aromatic rings. The van der Waals surface area contributed by atoms with Gasteiger partial charge >= 0.3 is 5.51 Å². The molecular formula is C26H28F4N6O2S. The number of imidazole rings is 1. The van der Waals surface area contributed by atoms with E-state index >= 15 is 0 Å². The summed E-state index contributed by atoms with van der Waals surface area (Å²) in [5.41, 5.74) is -2.99. The van der Waals surface area contributed by atoms with Gasteiger partial charge in [0.1, 0.15) is 22.6 Å². The molecule has 0 saturated carbocycles. The van der Waals surface area contributed by atoms with Crippen molar-refractivity contribution in [2.75, 3.05) is 51.5 Å². The summed E-state index contributed by atoms with van der Waals surface area (Å²) in [6.07, 6.45) is 0.751. The van der Waals surface area contributed by atoms with Gasteiger partial charge in [-0.15, -0.1) is 0 Å². The maximum Gasteiger partial charge on any atom is 0.447 e. The summed E-state index contributed by atoms with van der Waals surface area (Å²) in [4.78, 5) is 18.2. The first kappa shape index (κ1) is 28.4. The number of thioether (sulfide) groups is 1. The van der Waals surface area contributed by atoms with Crippen molar-refractivity contribution in [3.8, 4) is 17.6 Å². The molecule has 3 N–H and O–H groups in total. The number of hydrogen-bond acceptors (Lipinski definition) is 7. The van der Waals surface area contributed by atoms with Gasteiger partial charge in [0.05, 0.1) is 31.1 Å². The van der Waals surface area contributed by atoms with Gasteiger partial charge < -0.3 is 25.6 Å². The standard InChI is InChI=1S/C26H28F4N6O2S/c1-31-24(37)16-8-9-18(22(14-16)38-3)32-11-4-6-20-25(39-26(28,29)30)36-12-5-7-19(23(36)34-20)33-21-15-35(2)13-10-17(21)27/h5,7-9,12,14,17,21,32-33H,10-11,13,15H2,1-3H3,(H,31,37)/t17-,21-/m0/s1. The number of nitrogens with one attached hydrogen (secondary N) is 3. The van der Waals surface area contributed by atoms with E-state index in [-0.39, 0.29) is 40.6 Å². The molecule has 0 bridgehead atoms. The van der Waals surface area contributed by atoms with Crippen LogP contribution in [0.2, 0.25) is 0 Å². The van der Waals surface area contributed by atoms with Crippen LogP contribution in [0.5, 0.6) is 5.75 Å². The van der Waals surface area contributed by atoms with Crippen molar-refractivity contribution < 1.29 is 27.1 Å². The van der Waals surface area contributed by atoms with Crippen LogP contribution in [0.1, 0.15) is 22.5 Å². The molecule has 1 amide bonds. The topological polar surface area (TPSA) is 82.9 Å². The minimum Gasteiger partial charge on any atom is -0.495 e. The summed E-state index contributed by atoms with van der Waals surface area (Å²) < 4.78 is 61.6. The molecule has 13 heteroatoms. The lowest BCUT2D eigenvalue weighted by atomic mass is 10.0. The maximum atomic E-state index is 14.6. The first-order chi connectivity index (χ1) is 18.6. The lowest BCUT2D eigenvalue weighted by molar-refractivity contribution is -0.0330. The number of piperidine rings is 1. The molecule has 2 atom stereocenters. The lowest BCUT2D eigenvalue weighted by Crippen LogP contribution is -2.47. The number of amides is 1. The van der Waals surface area contributed by atoms with Gasteiger partial charge in [0, 0.05) is 43.7 Å². The molecular weight excluding hydrogens is 536 g/mol. The summed E-state index contributed by atoms with van der Waals surface area (Å²) >= 11 is -0.304. The van der Waals surface area contributed by atoms with Crippen LogP contribution in [0.3, 0.4) is 0 Å². The van der Waals surface area contributed by atoms with Crippen LogP contribution in [0.15, 0.2) is 41.6 Å². The maximum absolute atomic E-state index is 14.6. The number of likely N-dealkylation sites (tertiary alicyclic amines) is 1. The monoisotopic (exact) mass is 564 g/mol. The number of likely N-dealkylation sites (N-methyl/N-ethyl adjacent to an activating group) is 1. The Labute approximate surface area is 227 Å². The van der Waals surface area contributed by atoms with Gasteiger partial charge in [0.25, 0.3) is 5.91 Å². The second-order valence-electron chi connectivity index (χ2n) is 8.90. The third-order valence-corrected chi connectivity index (χ3v) is 6.97. The van der Waals surface area contributed by atoms with Crippen LogP contribution in [-0.4, -0.2) is 78.8 Å². The number of rotatable bonds is 7. The van der Waals surface area contributed by atoms with Gasteiger partial charge in [-0.1, -0.05) is 5.92 Å². The Bertz CT molecular complexity index is 1400. The van der Waals surface area contributed by atoms with E-state index in [1.165, 1.54) is 24.8 Å². The van der Waals surface area contributed by atoms with Crippen LogP contribution in [0, 0.1) is 11.8 Å². The Hall–Kier alpha value is -3.63. The fourth-order valence-corrected chi connectivity index (χ4v) is 4.92. The largest absolute Gasteiger partial charge is 0.495 e. The minimum absolute atomic E-state index is 0.0483. The average Bonchev–Trinajstić information content (AvgIpc) is 3.24. The minimum atomic E-state index is -4.57. The SMILES string of the molecule is CNC(=O)c1ccc(NCC#Cc2nc3c(N[C@H]4CN(C)CC[C@@H]4F)cccn3c2SC(F)(F)F)c(OC)c1.